The van der Waals surface area contributed by atoms with Crippen molar-refractivity contribution in [1.29, 1.82) is 0 Å². The Labute approximate surface area is 136 Å². The van der Waals surface area contributed by atoms with Crippen molar-refractivity contribution in [3.63, 3.8) is 0 Å². The van der Waals surface area contributed by atoms with E-state index >= 15 is 0 Å². The van der Waals surface area contributed by atoms with Crippen LogP contribution in [0.4, 0.5) is 0 Å². The van der Waals surface area contributed by atoms with Gasteiger partial charge in [0, 0.05) is 0 Å². The van der Waals surface area contributed by atoms with Crippen LogP contribution in [-0.4, -0.2) is 18.0 Å². The number of hydrogen-bond acceptors (Lipinski definition) is 3. The van der Waals surface area contributed by atoms with Crippen molar-refractivity contribution >= 4 is 17.6 Å². The molecule has 1 unspecified atom stereocenters. The number of halogens is 1. The first-order chi connectivity index (χ1) is 6.70. The van der Waals surface area contributed by atoms with E-state index in [2.05, 4.69) is 0 Å². The fourth-order valence-corrected chi connectivity index (χ4v) is 1.01. The molecule has 5 heteroatoms. The van der Waals surface area contributed by atoms with Gasteiger partial charge >= 0.3 is 51.4 Å². The molecule has 76 valence electrons. The average molecular weight is 253 g/mol. The molecule has 1 aromatic rings. The molecule has 1 rings (SSSR count). The molecule has 0 saturated carbocycles. The zero-order valence-electron chi connectivity index (χ0n) is 8.48. The SMILES string of the molecule is O=C([O-])C(Cl)COCc1ccccc1.[K+]. The second-order valence-corrected chi connectivity index (χ2v) is 3.31. The molecular weight excluding hydrogens is 243 g/mol. The number of benzene rings is 1. The molecular formula is C10H10ClKO3. The van der Waals surface area contributed by atoms with Gasteiger partial charge in [-0.05, 0) is 5.56 Å². The zero-order chi connectivity index (χ0) is 10.4. The van der Waals surface area contributed by atoms with Crippen LogP contribution in [0.3, 0.4) is 0 Å². The van der Waals surface area contributed by atoms with Crippen molar-refractivity contribution in [3.05, 3.63) is 35.9 Å². The van der Waals surface area contributed by atoms with E-state index in [0.717, 1.165) is 5.56 Å². The summed E-state index contributed by atoms with van der Waals surface area (Å²) in [6.45, 7) is 0.316. The van der Waals surface area contributed by atoms with Crippen molar-refractivity contribution in [2.24, 2.45) is 0 Å². The van der Waals surface area contributed by atoms with Crippen molar-refractivity contribution in [3.8, 4) is 0 Å². The smallest absolute Gasteiger partial charge is 0.548 e. The van der Waals surface area contributed by atoms with E-state index in [4.69, 9.17) is 16.3 Å². The first-order valence-electron chi connectivity index (χ1n) is 4.16. The van der Waals surface area contributed by atoms with Gasteiger partial charge in [0.25, 0.3) is 0 Å². The first-order valence-corrected chi connectivity index (χ1v) is 4.60. The fraction of sp³-hybridized carbons (Fsp3) is 0.300. The maximum Gasteiger partial charge on any atom is 1.00 e. The van der Waals surface area contributed by atoms with Crippen LogP contribution < -0.4 is 56.5 Å². The first kappa shape index (κ1) is 15.6. The topological polar surface area (TPSA) is 49.4 Å². The molecule has 1 atom stereocenters. The summed E-state index contributed by atoms with van der Waals surface area (Å²) in [4.78, 5) is 10.2. The van der Waals surface area contributed by atoms with Gasteiger partial charge in [-0.15, -0.1) is 11.6 Å². The largest absolute Gasteiger partial charge is 1.00 e. The van der Waals surface area contributed by atoms with Gasteiger partial charge in [-0.25, -0.2) is 0 Å². The number of rotatable bonds is 5. The number of carbonyl (C=O) groups excluding carboxylic acids is 1. The second-order valence-electron chi connectivity index (χ2n) is 2.79. The molecule has 0 aliphatic heterocycles. The summed E-state index contributed by atoms with van der Waals surface area (Å²) in [5.74, 6) is -1.31. The van der Waals surface area contributed by atoms with Crippen molar-refractivity contribution in [1.82, 2.24) is 0 Å². The predicted molar refractivity (Wildman–Crippen MR) is 50.7 cm³/mol. The summed E-state index contributed by atoms with van der Waals surface area (Å²) in [5, 5.41) is 9.13. The van der Waals surface area contributed by atoms with Crippen LogP contribution >= 0.6 is 11.6 Å². The summed E-state index contributed by atoms with van der Waals surface area (Å²) in [6.07, 6.45) is 0. The Morgan fingerprint density at radius 1 is 1.40 bits per heavy atom. The minimum atomic E-state index is -1.31. The van der Waals surface area contributed by atoms with E-state index in [1.54, 1.807) is 0 Å². The molecule has 0 saturated heterocycles. The Morgan fingerprint density at radius 2 is 2.00 bits per heavy atom. The number of alkyl halides is 1. The molecule has 15 heavy (non-hydrogen) atoms. The van der Waals surface area contributed by atoms with Crippen LogP contribution in [0, 0.1) is 0 Å². The Kier molecular flexibility index (Phi) is 9.03. The third kappa shape index (κ3) is 6.68. The summed E-state index contributed by atoms with van der Waals surface area (Å²) in [7, 11) is 0. The van der Waals surface area contributed by atoms with E-state index in [9.17, 15) is 9.90 Å². The van der Waals surface area contributed by atoms with E-state index < -0.39 is 11.3 Å². The minimum absolute atomic E-state index is 0. The van der Waals surface area contributed by atoms with Gasteiger partial charge in [0.05, 0.1) is 24.6 Å². The minimum Gasteiger partial charge on any atom is -0.548 e. The number of hydrogen-bond donors (Lipinski definition) is 0. The molecule has 0 fully saturated rings. The van der Waals surface area contributed by atoms with Crippen LogP contribution in [0.5, 0.6) is 0 Å². The van der Waals surface area contributed by atoms with Gasteiger partial charge in [0.2, 0.25) is 0 Å². The molecule has 1 aromatic carbocycles. The quantitative estimate of drug-likeness (QED) is 0.432. The van der Waals surface area contributed by atoms with Crippen molar-refractivity contribution < 1.29 is 66.0 Å². The molecule has 0 aliphatic carbocycles. The van der Waals surface area contributed by atoms with Gasteiger partial charge in [-0.1, -0.05) is 30.3 Å². The monoisotopic (exact) mass is 252 g/mol. The maximum absolute atomic E-state index is 10.2. The Hall–Kier alpha value is 0.576. The molecule has 0 radical (unpaired) electrons. The summed E-state index contributed by atoms with van der Waals surface area (Å²) < 4.78 is 5.09. The Bertz CT molecular complexity index is 292. The van der Waals surface area contributed by atoms with Gasteiger partial charge in [-0.3, -0.25) is 0 Å². The molecule has 0 amide bonds. The van der Waals surface area contributed by atoms with E-state index in [0.29, 0.717) is 6.61 Å². The Balaban J connectivity index is 0.00000196. The fourth-order valence-electron chi connectivity index (χ4n) is 0.923. The van der Waals surface area contributed by atoms with Crippen LogP contribution in [0.2, 0.25) is 0 Å². The van der Waals surface area contributed by atoms with Crippen molar-refractivity contribution in [2.45, 2.75) is 12.0 Å². The van der Waals surface area contributed by atoms with Gasteiger partial charge in [-0.2, -0.15) is 0 Å². The second kappa shape index (κ2) is 8.70. The van der Waals surface area contributed by atoms with Crippen LogP contribution in [0.25, 0.3) is 0 Å². The molecule has 0 N–H and O–H groups in total. The van der Waals surface area contributed by atoms with Crippen LogP contribution in [0.1, 0.15) is 5.56 Å². The van der Waals surface area contributed by atoms with E-state index in [-0.39, 0.29) is 58.0 Å². The van der Waals surface area contributed by atoms with E-state index in [1.165, 1.54) is 0 Å². The Morgan fingerprint density at radius 3 is 2.53 bits per heavy atom. The van der Waals surface area contributed by atoms with Crippen molar-refractivity contribution in [2.75, 3.05) is 6.61 Å². The predicted octanol–water partition coefficient (Wildman–Crippen LogP) is -2.44. The molecule has 0 spiro atoms. The summed E-state index contributed by atoms with van der Waals surface area (Å²) >= 11 is 5.39. The van der Waals surface area contributed by atoms with Crippen LogP contribution in [-0.2, 0) is 16.1 Å². The van der Waals surface area contributed by atoms with Gasteiger partial charge < -0.3 is 14.6 Å². The third-order valence-electron chi connectivity index (χ3n) is 1.63. The standard InChI is InChI=1S/C10H11ClO3.K/c11-9(10(12)13)7-14-6-8-4-2-1-3-5-8;/h1-5,9H,6-7H2,(H,12,13);/q;+1/p-1. The molecule has 0 aliphatic rings. The molecule has 0 heterocycles. The van der Waals surface area contributed by atoms with Gasteiger partial charge in [0.15, 0.2) is 0 Å². The number of ether oxygens (including phenoxy) is 1. The summed E-state index contributed by atoms with van der Waals surface area (Å²) in [6, 6.07) is 9.45. The average Bonchev–Trinajstić information content (AvgIpc) is 2.19. The number of aliphatic carboxylic acids is 1. The zero-order valence-corrected chi connectivity index (χ0v) is 12.4. The third-order valence-corrected chi connectivity index (χ3v) is 1.94. The molecule has 3 nitrogen and oxygen atoms in total. The normalized spacial score (nSPS) is 11.5. The van der Waals surface area contributed by atoms with Crippen LogP contribution in [0.15, 0.2) is 30.3 Å². The maximum atomic E-state index is 10.2. The number of carbonyl (C=O) groups is 1. The molecule has 0 aromatic heterocycles. The number of carboxylic acid groups (broad SMARTS) is 1. The number of carboxylic acids is 1. The van der Waals surface area contributed by atoms with Gasteiger partial charge in [0.1, 0.15) is 0 Å². The van der Waals surface area contributed by atoms with E-state index in [1.807, 2.05) is 30.3 Å². The summed E-state index contributed by atoms with van der Waals surface area (Å²) in [5.41, 5.74) is 0.981. The molecule has 0 bridgehead atoms.